The predicted octanol–water partition coefficient (Wildman–Crippen LogP) is 5.20. The van der Waals surface area contributed by atoms with E-state index >= 15 is 0 Å². The highest BCUT2D eigenvalue weighted by molar-refractivity contribution is 8.03. The van der Waals surface area contributed by atoms with Crippen LogP contribution in [0.15, 0.2) is 23.6 Å². The maximum atomic E-state index is 12.1. The zero-order valence-electron chi connectivity index (χ0n) is 17.5. The lowest BCUT2D eigenvalue weighted by atomic mass is 10.1. The Labute approximate surface area is 187 Å². The smallest absolute Gasteiger partial charge is 0.236 e. The SMILES string of the molecule is CC1(CCCCN2CCN(c3csc4cc(Cl)ccc34)CC2)NC(=O)C(C)(C)S1. The summed E-state index contributed by atoms with van der Waals surface area (Å²) in [6, 6.07) is 6.20. The summed E-state index contributed by atoms with van der Waals surface area (Å²) in [5.41, 5.74) is 1.35. The number of halogens is 1. The predicted molar refractivity (Wildman–Crippen MR) is 128 cm³/mol. The van der Waals surface area contributed by atoms with Crippen LogP contribution in [0, 0.1) is 0 Å². The Morgan fingerprint density at radius 1 is 1.14 bits per heavy atom. The molecule has 1 unspecified atom stereocenters. The number of benzene rings is 1. The molecular formula is C22H30ClN3OS2. The van der Waals surface area contributed by atoms with Crippen molar-refractivity contribution in [1.29, 1.82) is 0 Å². The van der Waals surface area contributed by atoms with Crippen LogP contribution >= 0.6 is 34.7 Å². The number of nitrogens with zero attached hydrogens (tertiary/aromatic N) is 2. The number of anilines is 1. The lowest BCUT2D eigenvalue weighted by Crippen LogP contribution is -2.46. The summed E-state index contributed by atoms with van der Waals surface area (Å²) in [5.74, 6) is 0.171. The van der Waals surface area contributed by atoms with Gasteiger partial charge < -0.3 is 10.2 Å². The van der Waals surface area contributed by atoms with Crippen molar-refractivity contribution in [3.8, 4) is 0 Å². The van der Waals surface area contributed by atoms with Gasteiger partial charge in [0.25, 0.3) is 0 Å². The van der Waals surface area contributed by atoms with Crippen LogP contribution in [0.5, 0.6) is 0 Å². The monoisotopic (exact) mass is 451 g/mol. The second kappa shape index (κ2) is 8.29. The lowest BCUT2D eigenvalue weighted by Gasteiger charge is -2.36. The standard InChI is InChI=1S/C22H30ClN3OS2/c1-21(2)20(27)24-22(3,29-21)8-4-5-9-25-10-12-26(13-11-25)18-15-28-19-14-16(23)6-7-17(18)19/h6-7,14-15H,4-5,8-13H2,1-3H3,(H,24,27). The molecule has 0 spiro atoms. The zero-order valence-corrected chi connectivity index (χ0v) is 19.9. The molecule has 0 bridgehead atoms. The summed E-state index contributed by atoms with van der Waals surface area (Å²) in [7, 11) is 0. The van der Waals surface area contributed by atoms with Crippen molar-refractivity contribution in [3.63, 3.8) is 0 Å². The molecule has 0 aliphatic carbocycles. The summed E-state index contributed by atoms with van der Waals surface area (Å²) in [6.07, 6.45) is 3.37. The molecule has 7 heteroatoms. The molecule has 0 saturated carbocycles. The molecule has 2 fully saturated rings. The normalized spacial score (nSPS) is 25.0. The first-order valence-electron chi connectivity index (χ1n) is 10.4. The van der Waals surface area contributed by atoms with E-state index in [0.29, 0.717) is 0 Å². The van der Waals surface area contributed by atoms with E-state index in [4.69, 9.17) is 11.6 Å². The van der Waals surface area contributed by atoms with Gasteiger partial charge in [0.15, 0.2) is 0 Å². The maximum absolute atomic E-state index is 12.1. The number of thiophene rings is 1. The summed E-state index contributed by atoms with van der Waals surface area (Å²) < 4.78 is 0.964. The average molecular weight is 452 g/mol. The summed E-state index contributed by atoms with van der Waals surface area (Å²) >= 11 is 9.68. The number of fused-ring (bicyclic) bond motifs is 1. The number of amides is 1. The van der Waals surface area contributed by atoms with E-state index in [-0.39, 0.29) is 15.5 Å². The van der Waals surface area contributed by atoms with E-state index in [1.54, 1.807) is 23.1 Å². The third-order valence-electron chi connectivity index (χ3n) is 6.01. The van der Waals surface area contributed by atoms with Crippen LogP contribution in [-0.4, -0.2) is 53.1 Å². The minimum Gasteiger partial charge on any atom is -0.368 e. The Balaban J connectivity index is 1.22. The molecular weight excluding hydrogens is 422 g/mol. The highest BCUT2D eigenvalue weighted by atomic mass is 35.5. The molecule has 2 aliphatic rings. The van der Waals surface area contributed by atoms with E-state index in [2.05, 4.69) is 39.6 Å². The molecule has 3 heterocycles. The molecule has 4 rings (SSSR count). The summed E-state index contributed by atoms with van der Waals surface area (Å²) in [5, 5.41) is 7.59. The Morgan fingerprint density at radius 3 is 2.59 bits per heavy atom. The number of unbranched alkanes of at least 4 members (excludes halogenated alkanes) is 1. The van der Waals surface area contributed by atoms with Crippen LogP contribution in [0.4, 0.5) is 5.69 Å². The molecule has 2 saturated heterocycles. The van der Waals surface area contributed by atoms with Gasteiger partial charge in [-0.15, -0.1) is 23.1 Å². The van der Waals surface area contributed by atoms with Gasteiger partial charge in [-0.05, 0) is 64.8 Å². The minimum absolute atomic E-state index is 0.109. The number of hydrogen-bond donors (Lipinski definition) is 1. The molecule has 0 radical (unpaired) electrons. The first-order valence-corrected chi connectivity index (χ1v) is 12.5. The molecule has 29 heavy (non-hydrogen) atoms. The molecule has 1 aromatic heterocycles. The van der Waals surface area contributed by atoms with Gasteiger partial charge in [-0.25, -0.2) is 0 Å². The highest BCUT2D eigenvalue weighted by Gasteiger charge is 2.46. The summed E-state index contributed by atoms with van der Waals surface area (Å²) in [6.45, 7) is 11.7. The van der Waals surface area contributed by atoms with Gasteiger partial charge in [-0.2, -0.15) is 0 Å². The van der Waals surface area contributed by atoms with Gasteiger partial charge in [0.1, 0.15) is 0 Å². The van der Waals surface area contributed by atoms with E-state index < -0.39 is 0 Å². The number of nitrogens with one attached hydrogen (secondary N) is 1. The van der Waals surface area contributed by atoms with Crippen LogP contribution < -0.4 is 10.2 Å². The van der Waals surface area contributed by atoms with Crippen LogP contribution in [0.3, 0.4) is 0 Å². The van der Waals surface area contributed by atoms with Crippen molar-refractivity contribution in [3.05, 3.63) is 28.6 Å². The molecule has 1 aromatic carbocycles. The zero-order chi connectivity index (χ0) is 20.6. The van der Waals surface area contributed by atoms with Crippen LogP contribution in [0.2, 0.25) is 5.02 Å². The van der Waals surface area contributed by atoms with E-state index in [1.807, 2.05) is 19.9 Å². The van der Waals surface area contributed by atoms with Gasteiger partial charge in [-0.3, -0.25) is 9.69 Å². The average Bonchev–Trinajstić information content (AvgIpc) is 3.16. The molecule has 1 amide bonds. The van der Waals surface area contributed by atoms with Crippen LogP contribution in [0.1, 0.15) is 40.0 Å². The Bertz CT molecular complexity index is 891. The topological polar surface area (TPSA) is 35.6 Å². The fraction of sp³-hybridized carbons (Fsp3) is 0.591. The quantitative estimate of drug-likeness (QED) is 0.612. The molecule has 4 nitrogen and oxygen atoms in total. The van der Waals surface area contributed by atoms with Gasteiger partial charge in [0.05, 0.1) is 15.3 Å². The second-order valence-electron chi connectivity index (χ2n) is 8.84. The molecule has 2 aromatic rings. The van der Waals surface area contributed by atoms with Gasteiger partial charge in [0, 0.05) is 46.7 Å². The van der Waals surface area contributed by atoms with Crippen molar-refractivity contribution in [2.75, 3.05) is 37.6 Å². The van der Waals surface area contributed by atoms with Crippen molar-refractivity contribution >= 4 is 56.4 Å². The molecule has 1 N–H and O–H groups in total. The van der Waals surface area contributed by atoms with Gasteiger partial charge in [-0.1, -0.05) is 11.6 Å². The maximum Gasteiger partial charge on any atom is 0.236 e. The van der Waals surface area contributed by atoms with Crippen LogP contribution in [0.25, 0.3) is 10.1 Å². The third-order valence-corrected chi connectivity index (χ3v) is 8.63. The number of thioether (sulfide) groups is 1. The third kappa shape index (κ3) is 4.71. The van der Waals surface area contributed by atoms with E-state index in [9.17, 15) is 4.79 Å². The lowest BCUT2D eigenvalue weighted by molar-refractivity contribution is -0.122. The van der Waals surface area contributed by atoms with E-state index in [1.165, 1.54) is 22.2 Å². The fourth-order valence-electron chi connectivity index (χ4n) is 4.38. The van der Waals surface area contributed by atoms with E-state index in [0.717, 1.165) is 50.6 Å². The molecule has 158 valence electrons. The van der Waals surface area contributed by atoms with Crippen LogP contribution in [-0.2, 0) is 4.79 Å². The number of piperazine rings is 1. The Hall–Kier alpha value is -0.950. The molecule has 2 aliphatic heterocycles. The van der Waals surface area contributed by atoms with Crippen molar-refractivity contribution < 1.29 is 4.79 Å². The van der Waals surface area contributed by atoms with Crippen molar-refractivity contribution in [1.82, 2.24) is 10.2 Å². The Kier molecular flexibility index (Phi) is 6.09. The Morgan fingerprint density at radius 2 is 1.90 bits per heavy atom. The second-order valence-corrected chi connectivity index (χ2v) is 12.3. The minimum atomic E-state index is -0.303. The van der Waals surface area contributed by atoms with Gasteiger partial charge >= 0.3 is 0 Å². The number of rotatable bonds is 6. The largest absolute Gasteiger partial charge is 0.368 e. The highest BCUT2D eigenvalue weighted by Crippen LogP contribution is 2.44. The van der Waals surface area contributed by atoms with Crippen molar-refractivity contribution in [2.45, 2.75) is 49.7 Å². The number of carbonyl (C=O) groups excluding carboxylic acids is 1. The number of carbonyl (C=O) groups is 1. The fourth-order valence-corrected chi connectivity index (χ4v) is 7.29. The number of hydrogen-bond acceptors (Lipinski definition) is 5. The first-order chi connectivity index (χ1) is 13.8. The van der Waals surface area contributed by atoms with Crippen molar-refractivity contribution in [2.24, 2.45) is 0 Å². The molecule has 1 atom stereocenters. The first kappa shape index (κ1) is 21.3. The summed E-state index contributed by atoms with van der Waals surface area (Å²) in [4.78, 5) is 17.0. The van der Waals surface area contributed by atoms with Gasteiger partial charge in [0.2, 0.25) is 5.91 Å².